The fourth-order valence-electron chi connectivity index (χ4n) is 2.32. The molecule has 0 amide bonds. The Balaban J connectivity index is 2.01. The Hall–Kier alpha value is -1.60. The molecule has 1 aliphatic rings. The Kier molecular flexibility index (Phi) is 3.53. The van der Waals surface area contributed by atoms with E-state index in [-0.39, 0.29) is 5.54 Å². The minimum Gasteiger partial charge on any atom is -0.369 e. The molecule has 1 saturated heterocycles. The molecule has 96 valence electrons. The van der Waals surface area contributed by atoms with Crippen molar-refractivity contribution in [2.24, 2.45) is 0 Å². The zero-order valence-corrected chi connectivity index (χ0v) is 11.3. The van der Waals surface area contributed by atoms with E-state index in [0.717, 1.165) is 31.9 Å². The molecule has 0 saturated carbocycles. The molecule has 1 fully saturated rings. The van der Waals surface area contributed by atoms with Crippen LogP contribution in [0.2, 0.25) is 0 Å². The second-order valence-electron chi connectivity index (χ2n) is 5.30. The normalized spacial score (nSPS) is 17.6. The fourth-order valence-corrected chi connectivity index (χ4v) is 2.32. The molecule has 4 heteroatoms. The van der Waals surface area contributed by atoms with E-state index in [9.17, 15) is 0 Å². The van der Waals surface area contributed by atoms with Crippen LogP contribution in [0.3, 0.4) is 0 Å². The maximum Gasteiger partial charge on any atom is 0.103 e. The number of aromatic nitrogens is 1. The van der Waals surface area contributed by atoms with Crippen molar-refractivity contribution in [1.29, 1.82) is 5.26 Å². The van der Waals surface area contributed by atoms with Gasteiger partial charge < -0.3 is 4.90 Å². The van der Waals surface area contributed by atoms with Crippen LogP contribution in [0.15, 0.2) is 18.3 Å². The summed E-state index contributed by atoms with van der Waals surface area (Å²) >= 11 is 0. The molecule has 2 rings (SSSR count). The summed E-state index contributed by atoms with van der Waals surface area (Å²) in [5.41, 5.74) is 1.92. The van der Waals surface area contributed by atoms with Gasteiger partial charge in [0.15, 0.2) is 0 Å². The Morgan fingerprint density at radius 3 is 2.50 bits per heavy atom. The van der Waals surface area contributed by atoms with Crippen molar-refractivity contribution >= 4 is 5.69 Å². The zero-order valence-electron chi connectivity index (χ0n) is 11.3. The van der Waals surface area contributed by atoms with Crippen LogP contribution in [0.4, 0.5) is 5.69 Å². The van der Waals surface area contributed by atoms with Gasteiger partial charge in [0.05, 0.1) is 6.07 Å². The number of hydrogen-bond donors (Lipinski definition) is 0. The lowest BCUT2D eigenvalue weighted by Crippen LogP contribution is -2.54. The minimum absolute atomic E-state index is 0.361. The van der Waals surface area contributed by atoms with Crippen LogP contribution in [0.5, 0.6) is 0 Å². The molecule has 0 radical (unpaired) electrons. The predicted molar refractivity (Wildman–Crippen MR) is 72.5 cm³/mol. The van der Waals surface area contributed by atoms with E-state index in [0.29, 0.717) is 0 Å². The highest BCUT2D eigenvalue weighted by molar-refractivity contribution is 5.46. The predicted octanol–water partition coefficient (Wildman–Crippen LogP) is 1.81. The lowest BCUT2D eigenvalue weighted by Gasteiger charge is -2.41. The van der Waals surface area contributed by atoms with Crippen molar-refractivity contribution in [3.63, 3.8) is 0 Å². The molecule has 1 aromatic heterocycles. The van der Waals surface area contributed by atoms with Crippen molar-refractivity contribution < 1.29 is 0 Å². The summed E-state index contributed by atoms with van der Waals surface area (Å²) in [7, 11) is 0. The maximum absolute atomic E-state index is 9.15. The molecule has 0 aliphatic carbocycles. The smallest absolute Gasteiger partial charge is 0.103 e. The van der Waals surface area contributed by atoms with E-state index in [1.165, 1.54) is 5.69 Å². The highest BCUT2D eigenvalue weighted by Crippen LogP contribution is 2.20. The average Bonchev–Trinajstić information content (AvgIpc) is 2.39. The largest absolute Gasteiger partial charge is 0.369 e. The first-order valence-corrected chi connectivity index (χ1v) is 6.37. The van der Waals surface area contributed by atoms with Gasteiger partial charge in [-0.05, 0) is 32.9 Å². The summed E-state index contributed by atoms with van der Waals surface area (Å²) in [5, 5.41) is 9.15. The number of nitriles is 1. The van der Waals surface area contributed by atoms with Gasteiger partial charge in [-0.25, -0.2) is 0 Å². The molecule has 18 heavy (non-hydrogen) atoms. The van der Waals surface area contributed by atoms with Crippen LogP contribution in [0.25, 0.3) is 0 Å². The Morgan fingerprint density at radius 2 is 1.94 bits per heavy atom. The van der Waals surface area contributed by atoms with E-state index in [2.05, 4.69) is 33.0 Å². The summed E-state index contributed by atoms with van der Waals surface area (Å²) in [6, 6.07) is 6.54. The van der Waals surface area contributed by atoms with Gasteiger partial charge in [0, 0.05) is 43.8 Å². The lowest BCUT2D eigenvalue weighted by atomic mass is 10.0. The molecular formula is C14H20N4. The monoisotopic (exact) mass is 244 g/mol. The number of piperazine rings is 1. The first-order chi connectivity index (χ1) is 8.53. The summed E-state index contributed by atoms with van der Waals surface area (Å²) in [6.07, 6.45) is 1.86. The van der Waals surface area contributed by atoms with E-state index in [4.69, 9.17) is 5.26 Å². The number of rotatable bonds is 2. The standard InChI is InChI=1S/C14H20N4/c1-12-10-13(4-5-16-12)17-6-8-18(9-7-17)14(2,3)11-15/h4-5,10H,6-9H2,1-3H3. The van der Waals surface area contributed by atoms with Gasteiger partial charge in [-0.15, -0.1) is 0 Å². The third-order valence-electron chi connectivity index (χ3n) is 3.59. The fraction of sp³-hybridized carbons (Fsp3) is 0.571. The molecule has 0 bridgehead atoms. The first-order valence-electron chi connectivity index (χ1n) is 6.37. The lowest BCUT2D eigenvalue weighted by molar-refractivity contribution is 0.158. The number of aryl methyl sites for hydroxylation is 1. The van der Waals surface area contributed by atoms with Gasteiger partial charge in [-0.1, -0.05) is 0 Å². The van der Waals surface area contributed by atoms with Crippen LogP contribution in [-0.2, 0) is 0 Å². The molecular weight excluding hydrogens is 224 g/mol. The molecule has 0 aromatic carbocycles. The second-order valence-corrected chi connectivity index (χ2v) is 5.30. The minimum atomic E-state index is -0.361. The summed E-state index contributed by atoms with van der Waals surface area (Å²) in [5.74, 6) is 0. The highest BCUT2D eigenvalue weighted by Gasteiger charge is 2.29. The topological polar surface area (TPSA) is 43.2 Å². The van der Waals surface area contributed by atoms with E-state index >= 15 is 0 Å². The van der Waals surface area contributed by atoms with E-state index in [1.54, 1.807) is 0 Å². The first kappa shape index (κ1) is 12.8. The van der Waals surface area contributed by atoms with Crippen LogP contribution in [0.1, 0.15) is 19.5 Å². The quantitative estimate of drug-likeness (QED) is 0.796. The SMILES string of the molecule is Cc1cc(N2CCN(C(C)(C)C#N)CC2)ccn1. The molecule has 0 N–H and O–H groups in total. The summed E-state index contributed by atoms with van der Waals surface area (Å²) < 4.78 is 0. The molecule has 1 aliphatic heterocycles. The third kappa shape index (κ3) is 2.62. The molecule has 1 aromatic rings. The van der Waals surface area contributed by atoms with Gasteiger partial charge in [0.25, 0.3) is 0 Å². The van der Waals surface area contributed by atoms with Gasteiger partial charge >= 0.3 is 0 Å². The second kappa shape index (κ2) is 4.95. The van der Waals surface area contributed by atoms with Crippen molar-refractivity contribution in [3.05, 3.63) is 24.0 Å². The van der Waals surface area contributed by atoms with Crippen LogP contribution < -0.4 is 4.90 Å². The number of anilines is 1. The number of pyridine rings is 1. The van der Waals surface area contributed by atoms with Crippen LogP contribution in [-0.4, -0.2) is 41.6 Å². The van der Waals surface area contributed by atoms with Gasteiger partial charge in [-0.3, -0.25) is 9.88 Å². The Morgan fingerprint density at radius 1 is 1.28 bits per heavy atom. The number of nitrogens with zero attached hydrogens (tertiary/aromatic N) is 4. The van der Waals surface area contributed by atoms with Crippen molar-refractivity contribution in [2.75, 3.05) is 31.1 Å². The molecule has 4 nitrogen and oxygen atoms in total. The number of hydrogen-bond acceptors (Lipinski definition) is 4. The van der Waals surface area contributed by atoms with Gasteiger partial charge in [0.1, 0.15) is 5.54 Å². The van der Waals surface area contributed by atoms with Crippen LogP contribution in [0, 0.1) is 18.3 Å². The van der Waals surface area contributed by atoms with Gasteiger partial charge in [0.2, 0.25) is 0 Å². The maximum atomic E-state index is 9.15. The van der Waals surface area contributed by atoms with E-state index in [1.807, 2.05) is 27.0 Å². The highest BCUT2D eigenvalue weighted by atomic mass is 15.3. The molecule has 0 atom stereocenters. The van der Waals surface area contributed by atoms with Crippen molar-refractivity contribution in [3.8, 4) is 6.07 Å². The molecule has 2 heterocycles. The average molecular weight is 244 g/mol. The van der Waals surface area contributed by atoms with Gasteiger partial charge in [-0.2, -0.15) is 5.26 Å². The molecule has 0 spiro atoms. The van der Waals surface area contributed by atoms with Crippen molar-refractivity contribution in [2.45, 2.75) is 26.3 Å². The van der Waals surface area contributed by atoms with Crippen LogP contribution >= 0.6 is 0 Å². The Labute approximate surface area is 109 Å². The molecule has 0 unspecified atom stereocenters. The Bertz CT molecular complexity index is 453. The third-order valence-corrected chi connectivity index (χ3v) is 3.59. The summed E-state index contributed by atoms with van der Waals surface area (Å²) in [6.45, 7) is 9.78. The summed E-state index contributed by atoms with van der Waals surface area (Å²) in [4.78, 5) is 8.83. The van der Waals surface area contributed by atoms with Crippen molar-refractivity contribution in [1.82, 2.24) is 9.88 Å². The zero-order chi connectivity index (χ0) is 13.2. The van der Waals surface area contributed by atoms with E-state index < -0.39 is 0 Å².